The van der Waals surface area contributed by atoms with E-state index in [1.54, 1.807) is 19.1 Å². The standard InChI is InChI=1S/C17H18F3N3O3S/c1-10-8-12(3)15(9-11(10)2)27(25,26)23-14-6-4-13(5-7-14)21-22-16(24)17(18,19)20/h4-9,21,23H,1-3H3,(H,22,24). The minimum Gasteiger partial charge on any atom is -0.298 e. The third-order valence-corrected chi connectivity index (χ3v) is 5.32. The van der Waals surface area contributed by atoms with Crippen LogP contribution < -0.4 is 15.6 Å². The van der Waals surface area contributed by atoms with Gasteiger partial charge in [0.25, 0.3) is 10.0 Å². The lowest BCUT2D eigenvalue weighted by molar-refractivity contribution is -0.173. The van der Waals surface area contributed by atoms with Gasteiger partial charge in [0.15, 0.2) is 0 Å². The van der Waals surface area contributed by atoms with Crippen LogP contribution in [0.25, 0.3) is 0 Å². The van der Waals surface area contributed by atoms with Gasteiger partial charge in [-0.1, -0.05) is 6.07 Å². The largest absolute Gasteiger partial charge is 0.472 e. The Labute approximate surface area is 154 Å². The predicted octanol–water partition coefficient (Wildman–Crippen LogP) is 3.42. The number of carbonyl (C=O) groups excluding carboxylic acids is 1. The second-order valence-electron chi connectivity index (χ2n) is 5.96. The van der Waals surface area contributed by atoms with Crippen LogP contribution in [0, 0.1) is 20.8 Å². The van der Waals surface area contributed by atoms with Crippen LogP contribution in [0.5, 0.6) is 0 Å². The quantitative estimate of drug-likeness (QED) is 0.670. The summed E-state index contributed by atoms with van der Waals surface area (Å²) in [5.41, 5.74) is 6.38. The minimum atomic E-state index is -5.01. The minimum absolute atomic E-state index is 0.144. The van der Waals surface area contributed by atoms with Gasteiger partial charge in [0.2, 0.25) is 0 Å². The fourth-order valence-electron chi connectivity index (χ4n) is 2.26. The molecule has 0 radical (unpaired) electrons. The molecule has 0 saturated heterocycles. The van der Waals surface area contributed by atoms with Crippen molar-refractivity contribution in [3.05, 3.63) is 53.1 Å². The molecule has 0 unspecified atom stereocenters. The molecule has 2 aromatic rings. The molecular weight excluding hydrogens is 383 g/mol. The van der Waals surface area contributed by atoms with Crippen molar-refractivity contribution in [3.63, 3.8) is 0 Å². The molecule has 1 amide bonds. The van der Waals surface area contributed by atoms with E-state index in [-0.39, 0.29) is 16.3 Å². The lowest BCUT2D eigenvalue weighted by Gasteiger charge is -2.14. The molecule has 0 saturated carbocycles. The summed E-state index contributed by atoms with van der Waals surface area (Å²) in [5, 5.41) is 0. The molecule has 0 bridgehead atoms. The number of halogens is 3. The van der Waals surface area contributed by atoms with Crippen LogP contribution >= 0.6 is 0 Å². The molecule has 0 aliphatic carbocycles. The summed E-state index contributed by atoms with van der Waals surface area (Å²) in [7, 11) is -3.83. The first-order valence-electron chi connectivity index (χ1n) is 7.74. The topological polar surface area (TPSA) is 87.3 Å². The number of sulfonamides is 1. The number of anilines is 2. The lowest BCUT2D eigenvalue weighted by atomic mass is 10.1. The second kappa shape index (κ2) is 7.47. The molecule has 10 heteroatoms. The first kappa shape index (κ1) is 20.6. The van der Waals surface area contributed by atoms with E-state index in [9.17, 15) is 26.4 Å². The summed E-state index contributed by atoms with van der Waals surface area (Å²) in [6.45, 7) is 5.39. The van der Waals surface area contributed by atoms with Crippen LogP contribution in [-0.4, -0.2) is 20.5 Å². The van der Waals surface area contributed by atoms with E-state index in [2.05, 4.69) is 10.1 Å². The monoisotopic (exact) mass is 401 g/mol. The summed E-state index contributed by atoms with van der Waals surface area (Å²) in [4.78, 5) is 10.9. The molecule has 0 aliphatic rings. The average molecular weight is 401 g/mol. The Morgan fingerprint density at radius 1 is 0.889 bits per heavy atom. The highest BCUT2D eigenvalue weighted by atomic mass is 32.2. The number of rotatable bonds is 5. The summed E-state index contributed by atoms with van der Waals surface area (Å²) < 4.78 is 64.0. The lowest BCUT2D eigenvalue weighted by Crippen LogP contribution is -2.40. The van der Waals surface area contributed by atoms with E-state index in [1.165, 1.54) is 29.7 Å². The van der Waals surface area contributed by atoms with Gasteiger partial charge in [0.05, 0.1) is 10.6 Å². The molecule has 27 heavy (non-hydrogen) atoms. The molecule has 3 N–H and O–H groups in total. The van der Waals surface area contributed by atoms with E-state index < -0.39 is 22.1 Å². The molecule has 2 aromatic carbocycles. The molecule has 6 nitrogen and oxygen atoms in total. The van der Waals surface area contributed by atoms with E-state index >= 15 is 0 Å². The SMILES string of the molecule is Cc1cc(C)c(S(=O)(=O)Nc2ccc(NNC(=O)C(F)(F)F)cc2)cc1C. The Morgan fingerprint density at radius 2 is 1.41 bits per heavy atom. The zero-order chi connectivity index (χ0) is 20.4. The summed E-state index contributed by atoms with van der Waals surface area (Å²) in [6.07, 6.45) is -5.01. The van der Waals surface area contributed by atoms with Crippen molar-refractivity contribution in [2.75, 3.05) is 10.1 Å². The molecule has 0 atom stereocenters. The van der Waals surface area contributed by atoms with Crippen molar-refractivity contribution < 1.29 is 26.4 Å². The summed E-state index contributed by atoms with van der Waals surface area (Å²) in [5.74, 6) is -2.14. The highest BCUT2D eigenvalue weighted by molar-refractivity contribution is 7.92. The normalized spacial score (nSPS) is 11.8. The van der Waals surface area contributed by atoms with E-state index in [0.29, 0.717) is 5.56 Å². The Balaban J connectivity index is 2.12. The van der Waals surface area contributed by atoms with E-state index in [4.69, 9.17) is 0 Å². The van der Waals surface area contributed by atoms with Crippen molar-refractivity contribution in [2.24, 2.45) is 0 Å². The van der Waals surface area contributed by atoms with Crippen molar-refractivity contribution in [3.8, 4) is 0 Å². The average Bonchev–Trinajstić information content (AvgIpc) is 2.56. The first-order chi connectivity index (χ1) is 12.4. The van der Waals surface area contributed by atoms with Crippen molar-refractivity contribution >= 4 is 27.3 Å². The van der Waals surface area contributed by atoms with Gasteiger partial charge in [-0.3, -0.25) is 20.4 Å². The number of hydrogen-bond donors (Lipinski definition) is 3. The van der Waals surface area contributed by atoms with Crippen molar-refractivity contribution in [1.29, 1.82) is 0 Å². The fourth-order valence-corrected chi connectivity index (χ4v) is 3.63. The Bertz CT molecular complexity index is 956. The van der Waals surface area contributed by atoms with Gasteiger partial charge in [-0.15, -0.1) is 0 Å². The van der Waals surface area contributed by atoms with Crippen LogP contribution in [-0.2, 0) is 14.8 Å². The van der Waals surface area contributed by atoms with Crippen LogP contribution in [0.3, 0.4) is 0 Å². The van der Waals surface area contributed by atoms with E-state index in [1.807, 2.05) is 13.8 Å². The van der Waals surface area contributed by atoms with Gasteiger partial charge in [-0.2, -0.15) is 13.2 Å². The van der Waals surface area contributed by atoms with Gasteiger partial charge in [0.1, 0.15) is 0 Å². The molecule has 2 rings (SSSR count). The van der Waals surface area contributed by atoms with Crippen LogP contribution in [0.15, 0.2) is 41.3 Å². The van der Waals surface area contributed by atoms with Crippen molar-refractivity contribution in [1.82, 2.24) is 5.43 Å². The maximum absolute atomic E-state index is 12.6. The number of alkyl halides is 3. The summed E-state index contributed by atoms with van der Waals surface area (Å²) in [6, 6.07) is 8.71. The third kappa shape index (κ3) is 5.13. The smallest absolute Gasteiger partial charge is 0.298 e. The number of amides is 1. The third-order valence-electron chi connectivity index (χ3n) is 3.80. The molecular formula is C17H18F3N3O3S. The number of carbonyl (C=O) groups is 1. The summed E-state index contributed by atoms with van der Waals surface area (Å²) >= 11 is 0. The fraction of sp³-hybridized carbons (Fsp3) is 0.235. The number of nitrogens with one attached hydrogen (secondary N) is 3. The zero-order valence-electron chi connectivity index (χ0n) is 14.7. The molecule has 0 fully saturated rings. The number of hydrogen-bond acceptors (Lipinski definition) is 4. The first-order valence-corrected chi connectivity index (χ1v) is 9.22. The Hall–Kier alpha value is -2.75. The van der Waals surface area contributed by atoms with Crippen LogP contribution in [0.1, 0.15) is 16.7 Å². The number of benzene rings is 2. The Morgan fingerprint density at radius 3 is 1.96 bits per heavy atom. The van der Waals surface area contributed by atoms with Crippen LogP contribution in [0.4, 0.5) is 24.5 Å². The maximum atomic E-state index is 12.6. The second-order valence-corrected chi connectivity index (χ2v) is 7.61. The molecule has 0 spiro atoms. The van der Waals surface area contributed by atoms with Gasteiger partial charge in [-0.25, -0.2) is 8.42 Å². The highest BCUT2D eigenvalue weighted by Crippen LogP contribution is 2.23. The number of hydrazine groups is 1. The van der Waals surface area contributed by atoms with E-state index in [0.717, 1.165) is 11.1 Å². The molecule has 0 aliphatic heterocycles. The highest BCUT2D eigenvalue weighted by Gasteiger charge is 2.38. The molecule has 0 heterocycles. The van der Waals surface area contributed by atoms with Gasteiger partial charge < -0.3 is 0 Å². The van der Waals surface area contributed by atoms with Crippen molar-refractivity contribution in [2.45, 2.75) is 31.8 Å². The zero-order valence-corrected chi connectivity index (χ0v) is 15.5. The number of aryl methyl sites for hydroxylation is 3. The van der Waals surface area contributed by atoms with Gasteiger partial charge in [-0.05, 0) is 67.8 Å². The van der Waals surface area contributed by atoms with Crippen LogP contribution in [0.2, 0.25) is 0 Å². The molecule has 146 valence electrons. The maximum Gasteiger partial charge on any atom is 0.472 e. The Kier molecular flexibility index (Phi) is 5.69. The van der Waals surface area contributed by atoms with Gasteiger partial charge >= 0.3 is 12.1 Å². The predicted molar refractivity (Wildman–Crippen MR) is 95.7 cm³/mol. The van der Waals surface area contributed by atoms with Gasteiger partial charge in [0, 0.05) is 5.69 Å². The molecule has 0 aromatic heterocycles.